The fraction of sp³-hybridized carbons (Fsp3) is 0.276. The van der Waals surface area contributed by atoms with Crippen LogP contribution < -0.4 is 14.8 Å². The second-order valence-corrected chi connectivity index (χ2v) is 11.0. The molecule has 1 fully saturated rings. The highest BCUT2D eigenvalue weighted by atomic mass is 32.1. The van der Waals surface area contributed by atoms with Crippen molar-refractivity contribution in [2.24, 2.45) is 5.92 Å². The van der Waals surface area contributed by atoms with Crippen molar-refractivity contribution < 1.29 is 32.2 Å². The molecule has 1 saturated heterocycles. The number of fused-ring (bicyclic) bond motifs is 2. The van der Waals surface area contributed by atoms with E-state index in [4.69, 9.17) is 9.47 Å². The van der Waals surface area contributed by atoms with Crippen molar-refractivity contribution in [3.8, 4) is 11.5 Å². The molecule has 0 spiro atoms. The Balaban J connectivity index is 1.14. The Labute approximate surface area is 231 Å². The lowest BCUT2D eigenvalue weighted by atomic mass is 9.90. The number of halogens is 3. The number of nitrogens with one attached hydrogen (secondary N) is 1. The van der Waals surface area contributed by atoms with Gasteiger partial charge in [0.15, 0.2) is 16.6 Å². The van der Waals surface area contributed by atoms with E-state index < -0.39 is 17.6 Å². The summed E-state index contributed by atoms with van der Waals surface area (Å²) in [6, 6.07) is 9.94. The average Bonchev–Trinajstić information content (AvgIpc) is 3.65. The van der Waals surface area contributed by atoms with Crippen LogP contribution in [0.4, 0.5) is 18.3 Å². The van der Waals surface area contributed by atoms with Gasteiger partial charge in [-0.3, -0.25) is 9.59 Å². The number of benzene rings is 2. The number of allylic oxidation sites excluding steroid dienone is 2. The molecule has 2 atom stereocenters. The third-order valence-electron chi connectivity index (χ3n) is 7.21. The van der Waals surface area contributed by atoms with Gasteiger partial charge in [0.25, 0.3) is 5.91 Å². The van der Waals surface area contributed by atoms with Crippen molar-refractivity contribution in [1.82, 2.24) is 9.88 Å². The first-order valence-electron chi connectivity index (χ1n) is 12.7. The lowest BCUT2D eigenvalue weighted by Crippen LogP contribution is -2.38. The molecule has 2 aliphatic heterocycles. The lowest BCUT2D eigenvalue weighted by molar-refractivity contribution is -0.138. The quantitative estimate of drug-likeness (QED) is 0.418. The second-order valence-electron chi connectivity index (χ2n) is 9.80. The third kappa shape index (κ3) is 4.97. The van der Waals surface area contributed by atoms with Gasteiger partial charge >= 0.3 is 6.18 Å². The van der Waals surface area contributed by atoms with Crippen LogP contribution in [-0.2, 0) is 17.4 Å². The Hall–Kier alpha value is -4.12. The molecule has 2 unspecified atom stereocenters. The number of hydrogen-bond donors (Lipinski definition) is 1. The van der Waals surface area contributed by atoms with Crippen LogP contribution in [0, 0.1) is 12.8 Å². The predicted molar refractivity (Wildman–Crippen MR) is 143 cm³/mol. The summed E-state index contributed by atoms with van der Waals surface area (Å²) in [5, 5.41) is 3.34. The summed E-state index contributed by atoms with van der Waals surface area (Å²) in [7, 11) is 0. The van der Waals surface area contributed by atoms with E-state index in [9.17, 15) is 22.8 Å². The minimum atomic E-state index is -4.61. The molecule has 3 aromatic rings. The number of ether oxygens (including phenoxy) is 2. The molecule has 2 aromatic carbocycles. The minimum absolute atomic E-state index is 0.0489. The number of thiazole rings is 1. The maximum Gasteiger partial charge on any atom is 0.417 e. The minimum Gasteiger partial charge on any atom is -0.454 e. The zero-order valence-electron chi connectivity index (χ0n) is 21.3. The zero-order valence-corrected chi connectivity index (χ0v) is 22.1. The maximum atomic E-state index is 13.5. The number of aromatic nitrogens is 1. The van der Waals surface area contributed by atoms with Crippen molar-refractivity contribution in [2.75, 3.05) is 18.7 Å². The predicted octanol–water partition coefficient (Wildman–Crippen LogP) is 5.86. The van der Waals surface area contributed by atoms with Crippen LogP contribution in [0.5, 0.6) is 11.5 Å². The topological polar surface area (TPSA) is 80.8 Å². The summed E-state index contributed by atoms with van der Waals surface area (Å²) in [4.78, 5) is 32.9. The summed E-state index contributed by atoms with van der Waals surface area (Å²) < 4.78 is 51.2. The number of carbonyl (C=O) groups excluding carboxylic acids is 2. The Morgan fingerprint density at radius 1 is 1.15 bits per heavy atom. The molecule has 40 heavy (non-hydrogen) atoms. The largest absolute Gasteiger partial charge is 0.454 e. The van der Waals surface area contributed by atoms with Gasteiger partial charge in [-0.05, 0) is 48.7 Å². The summed E-state index contributed by atoms with van der Waals surface area (Å²) in [6.07, 6.45) is 1.90. The highest BCUT2D eigenvalue weighted by Gasteiger charge is 2.40. The second kappa shape index (κ2) is 10.1. The zero-order chi connectivity index (χ0) is 28.0. The summed E-state index contributed by atoms with van der Waals surface area (Å²) in [5.41, 5.74) is 1.11. The normalized spacial score (nSPS) is 19.4. The van der Waals surface area contributed by atoms with Gasteiger partial charge in [0.05, 0.1) is 29.3 Å². The molecule has 2 amide bonds. The van der Waals surface area contributed by atoms with Gasteiger partial charge in [-0.25, -0.2) is 4.98 Å². The molecule has 3 heterocycles. The number of nitrogens with zero attached hydrogens (tertiary/aromatic N) is 2. The van der Waals surface area contributed by atoms with Crippen LogP contribution >= 0.6 is 11.3 Å². The first-order valence-corrected chi connectivity index (χ1v) is 13.5. The number of rotatable bonds is 5. The highest BCUT2D eigenvalue weighted by molar-refractivity contribution is 7.15. The van der Waals surface area contributed by atoms with E-state index in [0.717, 1.165) is 27.8 Å². The summed E-state index contributed by atoms with van der Waals surface area (Å²) in [6.45, 7) is 2.43. The monoisotopic (exact) mass is 567 g/mol. The van der Waals surface area contributed by atoms with Gasteiger partial charge in [-0.1, -0.05) is 36.4 Å². The number of hydrogen-bond acceptors (Lipinski definition) is 6. The number of alkyl halides is 3. The van der Waals surface area contributed by atoms with Gasteiger partial charge in [0.1, 0.15) is 0 Å². The van der Waals surface area contributed by atoms with E-state index in [1.54, 1.807) is 12.1 Å². The van der Waals surface area contributed by atoms with Crippen LogP contribution in [0.2, 0.25) is 0 Å². The molecule has 0 radical (unpaired) electrons. The van der Waals surface area contributed by atoms with Crippen LogP contribution in [0.1, 0.15) is 38.5 Å². The molecule has 7 nitrogen and oxygen atoms in total. The average molecular weight is 568 g/mol. The molecular weight excluding hydrogens is 543 g/mol. The molecule has 206 valence electrons. The molecule has 1 aromatic heterocycles. The van der Waals surface area contributed by atoms with Crippen molar-refractivity contribution in [1.29, 1.82) is 0 Å². The molecule has 3 aliphatic rings. The highest BCUT2D eigenvalue weighted by Crippen LogP contribution is 2.39. The van der Waals surface area contributed by atoms with E-state index in [2.05, 4.69) is 10.3 Å². The van der Waals surface area contributed by atoms with Crippen LogP contribution in [0.15, 0.2) is 60.7 Å². The number of likely N-dealkylation sites (tertiary alicyclic amines) is 1. The smallest absolute Gasteiger partial charge is 0.417 e. The Bertz CT molecular complexity index is 1560. The van der Waals surface area contributed by atoms with E-state index >= 15 is 0 Å². The van der Waals surface area contributed by atoms with E-state index in [-0.39, 0.29) is 36.6 Å². The number of carbonyl (C=O) groups is 2. The van der Waals surface area contributed by atoms with Gasteiger partial charge in [0, 0.05) is 17.3 Å². The number of aryl methyl sites for hydroxylation is 1. The molecule has 11 heteroatoms. The van der Waals surface area contributed by atoms with Crippen molar-refractivity contribution in [3.63, 3.8) is 0 Å². The van der Waals surface area contributed by atoms with Gasteiger partial charge in [-0.15, -0.1) is 11.3 Å². The third-order valence-corrected chi connectivity index (χ3v) is 8.10. The summed E-state index contributed by atoms with van der Waals surface area (Å²) >= 11 is 1.37. The van der Waals surface area contributed by atoms with Crippen molar-refractivity contribution in [2.45, 2.75) is 32.0 Å². The molecule has 0 saturated carbocycles. The van der Waals surface area contributed by atoms with E-state index in [1.165, 1.54) is 34.4 Å². The van der Waals surface area contributed by atoms with Crippen LogP contribution in [0.25, 0.3) is 5.57 Å². The standard InChI is InChI=1S/C29H24F3N3O4S/c1-16-26(34-28(40-16)33-25(36)13-17-6-9-23-24(12-17)39-15-38-23)19-7-8-22-18(14-19)10-11-35(22)27(37)20-4-2-3-5-21(20)29(30,31)32/h2-9,12,14,18,22H,10-11,13,15H2,1H3,(H,33,34,36). The van der Waals surface area contributed by atoms with Crippen molar-refractivity contribution >= 4 is 33.9 Å². The molecule has 1 aliphatic carbocycles. The fourth-order valence-corrected chi connectivity index (χ4v) is 6.19. The van der Waals surface area contributed by atoms with Crippen molar-refractivity contribution in [3.05, 3.63) is 88.0 Å². The number of amides is 2. The molecule has 1 N–H and O–H groups in total. The van der Waals surface area contributed by atoms with Gasteiger partial charge in [-0.2, -0.15) is 13.2 Å². The Morgan fingerprint density at radius 3 is 2.77 bits per heavy atom. The summed E-state index contributed by atoms with van der Waals surface area (Å²) in [5.74, 6) is 0.382. The van der Waals surface area contributed by atoms with Crippen LogP contribution in [-0.4, -0.2) is 41.1 Å². The fourth-order valence-electron chi connectivity index (χ4n) is 5.34. The molecular formula is C29H24F3N3O4S. The molecule has 6 rings (SSSR count). The first kappa shape index (κ1) is 26.1. The first-order chi connectivity index (χ1) is 19.2. The maximum absolute atomic E-state index is 13.5. The lowest BCUT2D eigenvalue weighted by Gasteiger charge is -2.28. The van der Waals surface area contributed by atoms with Gasteiger partial charge < -0.3 is 19.7 Å². The Kier molecular flexibility index (Phi) is 6.61. The SMILES string of the molecule is Cc1sc(NC(=O)Cc2ccc3c(c2)OCO3)nc1C1=CC2CCN(C(=O)c3ccccc3C(F)(F)F)C2C=C1. The number of anilines is 1. The van der Waals surface area contributed by atoms with Crippen LogP contribution in [0.3, 0.4) is 0 Å². The van der Waals surface area contributed by atoms with E-state index in [1.807, 2.05) is 31.2 Å². The Morgan fingerprint density at radius 2 is 1.95 bits per heavy atom. The van der Waals surface area contributed by atoms with Gasteiger partial charge in [0.2, 0.25) is 12.7 Å². The molecule has 0 bridgehead atoms. The van der Waals surface area contributed by atoms with E-state index in [0.29, 0.717) is 29.6 Å².